The third-order valence-corrected chi connectivity index (χ3v) is 8.66. The van der Waals surface area contributed by atoms with Gasteiger partial charge in [0.15, 0.2) is 5.82 Å². The molecule has 4 aromatic carbocycles. The average molecular weight is 578 g/mol. The molecule has 5 heteroatoms. The van der Waals surface area contributed by atoms with E-state index in [1.165, 1.54) is 11.1 Å². The lowest BCUT2D eigenvalue weighted by molar-refractivity contribution is 1.05. The molecule has 0 aliphatic heterocycles. The van der Waals surface area contributed by atoms with E-state index in [2.05, 4.69) is 108 Å². The smallest absolute Gasteiger partial charge is 0.160 e. The van der Waals surface area contributed by atoms with Gasteiger partial charge in [0.05, 0.1) is 27.9 Å². The molecule has 9 rings (SSSR count). The van der Waals surface area contributed by atoms with Gasteiger partial charge in [0.1, 0.15) is 11.2 Å². The van der Waals surface area contributed by atoms with Gasteiger partial charge in [0.25, 0.3) is 0 Å². The van der Waals surface area contributed by atoms with E-state index >= 15 is 0 Å². The van der Waals surface area contributed by atoms with Crippen LogP contribution in [0.5, 0.6) is 0 Å². The summed E-state index contributed by atoms with van der Waals surface area (Å²) in [5.74, 6) is 0.686. The number of hydrogen-bond donors (Lipinski definition) is 0. The number of pyridine rings is 2. The summed E-state index contributed by atoms with van der Waals surface area (Å²) in [6.45, 7) is 0. The Balaban J connectivity index is 1.23. The molecule has 0 amide bonds. The molecule has 1 aliphatic rings. The van der Waals surface area contributed by atoms with Crippen LogP contribution in [0, 0.1) is 0 Å². The Morgan fingerprint density at radius 2 is 1.27 bits per heavy atom. The molecule has 45 heavy (non-hydrogen) atoms. The molecule has 0 radical (unpaired) electrons. The third-order valence-electron chi connectivity index (χ3n) is 8.66. The molecule has 0 N–H and O–H groups in total. The lowest BCUT2D eigenvalue weighted by atomic mass is 9.95. The molecule has 0 bridgehead atoms. The predicted molar refractivity (Wildman–Crippen MR) is 184 cm³/mol. The van der Waals surface area contributed by atoms with Crippen LogP contribution in [-0.2, 0) is 0 Å². The summed E-state index contributed by atoms with van der Waals surface area (Å²) >= 11 is 0. The van der Waals surface area contributed by atoms with Crippen molar-refractivity contribution in [2.45, 2.75) is 12.8 Å². The van der Waals surface area contributed by atoms with Crippen molar-refractivity contribution in [1.29, 1.82) is 0 Å². The van der Waals surface area contributed by atoms with E-state index in [9.17, 15) is 0 Å². The van der Waals surface area contributed by atoms with E-state index < -0.39 is 0 Å². The van der Waals surface area contributed by atoms with Gasteiger partial charge in [-0.15, -0.1) is 0 Å². The molecule has 0 unspecified atom stereocenters. The Morgan fingerprint density at radius 3 is 2.11 bits per heavy atom. The molecule has 0 spiro atoms. The highest BCUT2D eigenvalue weighted by molar-refractivity contribution is 6.09. The van der Waals surface area contributed by atoms with Crippen LogP contribution < -0.4 is 0 Å². The fraction of sp³-hybridized carbons (Fsp3) is 0.0500. The highest BCUT2D eigenvalue weighted by Gasteiger charge is 2.18. The van der Waals surface area contributed by atoms with Gasteiger partial charge in [-0.05, 0) is 60.4 Å². The fourth-order valence-corrected chi connectivity index (χ4v) is 6.50. The monoisotopic (exact) mass is 577 g/mol. The molecule has 212 valence electrons. The highest BCUT2D eigenvalue weighted by Crippen LogP contribution is 2.36. The lowest BCUT2D eigenvalue weighted by Crippen LogP contribution is -1.97. The molecular formula is C40H27N5. The Hall–Kier alpha value is -5.94. The zero-order valence-corrected chi connectivity index (χ0v) is 24.4. The van der Waals surface area contributed by atoms with Gasteiger partial charge in [-0.1, -0.05) is 97.1 Å². The van der Waals surface area contributed by atoms with E-state index in [-0.39, 0.29) is 0 Å². The van der Waals surface area contributed by atoms with Crippen LogP contribution in [0.25, 0.3) is 78.0 Å². The van der Waals surface area contributed by atoms with E-state index in [0.717, 1.165) is 79.4 Å². The molecule has 0 saturated heterocycles. The van der Waals surface area contributed by atoms with Crippen LogP contribution in [0.4, 0.5) is 0 Å². The Kier molecular flexibility index (Phi) is 5.88. The van der Waals surface area contributed by atoms with Crippen molar-refractivity contribution in [3.8, 4) is 33.9 Å². The van der Waals surface area contributed by atoms with Crippen molar-refractivity contribution < 1.29 is 0 Å². The molecular weight excluding hydrogens is 550 g/mol. The second kappa shape index (κ2) is 10.4. The number of hydrogen-bond acceptors (Lipinski definition) is 4. The Morgan fingerprint density at radius 1 is 0.556 bits per heavy atom. The van der Waals surface area contributed by atoms with E-state index in [4.69, 9.17) is 19.9 Å². The van der Waals surface area contributed by atoms with Crippen LogP contribution in [0.15, 0.2) is 140 Å². The highest BCUT2D eigenvalue weighted by atomic mass is 15.0. The SMILES string of the molecule is C1=CCCC(c2cccc(-c3nc(-c4cccc(-c5nc6ccccc6c6nc7ccccn7c56)c4)nc4ccccc34)c2)=C1. The molecule has 1 aliphatic carbocycles. The second-order valence-electron chi connectivity index (χ2n) is 11.4. The van der Waals surface area contributed by atoms with Crippen molar-refractivity contribution in [3.63, 3.8) is 0 Å². The Labute approximate surface area is 259 Å². The van der Waals surface area contributed by atoms with E-state index in [1.54, 1.807) is 0 Å². The molecule has 0 saturated carbocycles. The summed E-state index contributed by atoms with van der Waals surface area (Å²) < 4.78 is 2.13. The molecule has 4 heterocycles. The number of rotatable bonds is 4. The minimum atomic E-state index is 0.686. The Bertz CT molecular complexity index is 2500. The summed E-state index contributed by atoms with van der Waals surface area (Å²) in [4.78, 5) is 20.5. The zero-order valence-electron chi connectivity index (χ0n) is 24.4. The van der Waals surface area contributed by atoms with Gasteiger partial charge >= 0.3 is 0 Å². The number of para-hydroxylation sites is 2. The molecule has 4 aromatic heterocycles. The second-order valence-corrected chi connectivity index (χ2v) is 11.4. The fourth-order valence-electron chi connectivity index (χ4n) is 6.50. The summed E-state index contributed by atoms with van der Waals surface area (Å²) in [5.41, 5.74) is 12.1. The van der Waals surface area contributed by atoms with Crippen LogP contribution in [-0.4, -0.2) is 24.3 Å². The van der Waals surface area contributed by atoms with E-state index in [1.807, 2.05) is 36.4 Å². The minimum Gasteiger partial charge on any atom is -0.298 e. The number of imidazole rings is 1. The van der Waals surface area contributed by atoms with Crippen molar-refractivity contribution in [2.24, 2.45) is 0 Å². The number of aromatic nitrogens is 5. The maximum absolute atomic E-state index is 5.23. The van der Waals surface area contributed by atoms with Gasteiger partial charge in [0.2, 0.25) is 0 Å². The zero-order chi connectivity index (χ0) is 29.7. The number of nitrogens with zero attached hydrogens (tertiary/aromatic N) is 5. The van der Waals surface area contributed by atoms with Crippen LogP contribution >= 0.6 is 0 Å². The van der Waals surface area contributed by atoms with Gasteiger partial charge in [-0.25, -0.2) is 19.9 Å². The van der Waals surface area contributed by atoms with Crippen molar-refractivity contribution in [1.82, 2.24) is 24.3 Å². The number of allylic oxidation sites excluding steroid dienone is 4. The minimum absolute atomic E-state index is 0.686. The van der Waals surface area contributed by atoms with E-state index in [0.29, 0.717) is 5.82 Å². The van der Waals surface area contributed by atoms with Crippen LogP contribution in [0.1, 0.15) is 18.4 Å². The van der Waals surface area contributed by atoms with Crippen molar-refractivity contribution >= 4 is 44.1 Å². The normalized spacial score (nSPS) is 13.2. The molecule has 8 aromatic rings. The summed E-state index contributed by atoms with van der Waals surface area (Å²) in [6, 6.07) is 39.7. The molecule has 0 atom stereocenters. The first-order valence-corrected chi connectivity index (χ1v) is 15.3. The van der Waals surface area contributed by atoms with Crippen molar-refractivity contribution in [3.05, 3.63) is 145 Å². The maximum atomic E-state index is 5.23. The standard InChI is InChI=1S/C40H27N5/c1-2-12-26(13-3-1)27-14-10-15-28(24-27)36-31-18-4-7-21-34(31)42-40(44-36)30-17-11-16-29(25-30)37-39-38(32-19-5-6-20-33(32)41-37)43-35-22-8-9-23-45(35)39/h1-2,4-12,14-25H,3,13H2. The quantitative estimate of drug-likeness (QED) is 0.209. The van der Waals surface area contributed by atoms with Crippen molar-refractivity contribution in [2.75, 3.05) is 0 Å². The van der Waals surface area contributed by atoms with Crippen LogP contribution in [0.2, 0.25) is 0 Å². The van der Waals surface area contributed by atoms with Gasteiger partial charge in [-0.3, -0.25) is 4.40 Å². The predicted octanol–water partition coefficient (Wildman–Crippen LogP) is 9.71. The number of fused-ring (bicyclic) bond motifs is 6. The van der Waals surface area contributed by atoms with Gasteiger partial charge in [-0.2, -0.15) is 0 Å². The first-order chi connectivity index (χ1) is 22.3. The first-order valence-electron chi connectivity index (χ1n) is 15.3. The van der Waals surface area contributed by atoms with Crippen LogP contribution in [0.3, 0.4) is 0 Å². The largest absolute Gasteiger partial charge is 0.298 e. The third kappa shape index (κ3) is 4.32. The topological polar surface area (TPSA) is 56.0 Å². The molecule has 0 fully saturated rings. The maximum Gasteiger partial charge on any atom is 0.160 e. The van der Waals surface area contributed by atoms with Gasteiger partial charge < -0.3 is 0 Å². The summed E-state index contributed by atoms with van der Waals surface area (Å²) in [6.07, 6.45) is 10.8. The molecule has 5 nitrogen and oxygen atoms in total. The first kappa shape index (κ1) is 25.5. The number of benzene rings is 4. The lowest BCUT2D eigenvalue weighted by Gasteiger charge is -2.13. The summed E-state index contributed by atoms with van der Waals surface area (Å²) in [7, 11) is 0. The summed E-state index contributed by atoms with van der Waals surface area (Å²) in [5, 5.41) is 2.08. The average Bonchev–Trinajstić information content (AvgIpc) is 3.51. The van der Waals surface area contributed by atoms with Gasteiger partial charge in [0, 0.05) is 33.7 Å².